The molecule has 4 aromatic rings. The number of phenolic OH excluding ortho intramolecular Hbond substituents is 1. The minimum absolute atomic E-state index is 0.00416. The van der Waals surface area contributed by atoms with Crippen molar-refractivity contribution in [1.29, 1.82) is 0 Å². The van der Waals surface area contributed by atoms with Gasteiger partial charge in [-0.1, -0.05) is 60.7 Å². The number of thiol groups is 1. The van der Waals surface area contributed by atoms with Crippen LogP contribution in [0.2, 0.25) is 0 Å². The van der Waals surface area contributed by atoms with Gasteiger partial charge in [0, 0.05) is 42.7 Å². The van der Waals surface area contributed by atoms with Crippen LogP contribution in [0.15, 0.2) is 85.1 Å². The third-order valence-electron chi connectivity index (χ3n) is 14.1. The Morgan fingerprint density at radius 1 is 0.632 bits per heavy atom. The van der Waals surface area contributed by atoms with E-state index in [0.717, 1.165) is 27.6 Å². The maximum atomic E-state index is 14.6. The summed E-state index contributed by atoms with van der Waals surface area (Å²) < 4.78 is 0. The number of phenols is 1. The molecule has 1 aromatic heterocycles. The molecule has 476 valence electrons. The molecular weight excluding hydrogens is 1170 g/mol. The van der Waals surface area contributed by atoms with Gasteiger partial charge < -0.3 is 90.5 Å². The van der Waals surface area contributed by atoms with E-state index in [9.17, 15) is 68.4 Å². The van der Waals surface area contributed by atoms with E-state index in [1.807, 2.05) is 24.3 Å². The van der Waals surface area contributed by atoms with E-state index >= 15 is 0 Å². The van der Waals surface area contributed by atoms with Crippen LogP contribution in [-0.2, 0) is 67.2 Å². The van der Waals surface area contributed by atoms with Gasteiger partial charge in [-0.25, -0.2) is 4.79 Å². The lowest BCUT2D eigenvalue weighted by molar-refractivity contribution is -0.146. The number of amides is 9. The Labute approximate surface area is 513 Å². The van der Waals surface area contributed by atoms with Crippen molar-refractivity contribution in [2.24, 2.45) is 22.9 Å². The second-order valence-corrected chi connectivity index (χ2v) is 22.3. The number of nitrogens with one attached hydrogen (secondary N) is 8. The smallest absolute Gasteiger partial charge is 0.326 e. The zero-order chi connectivity index (χ0) is 64.2. The number of aromatic amines is 1. The number of aromatic nitrogens is 1. The zero-order valence-corrected chi connectivity index (χ0v) is 50.4. The Morgan fingerprint density at radius 2 is 1.17 bits per heavy atom. The summed E-state index contributed by atoms with van der Waals surface area (Å²) >= 11 is 4.95. The van der Waals surface area contributed by atoms with E-state index in [-0.39, 0.29) is 68.1 Å². The topological polar surface area (TPSA) is 459 Å². The predicted molar refractivity (Wildman–Crippen MR) is 329 cm³/mol. The van der Waals surface area contributed by atoms with E-state index < -0.39 is 126 Å². The Balaban J connectivity index is 1.48. The highest BCUT2D eigenvalue weighted by Gasteiger charge is 2.38. The van der Waals surface area contributed by atoms with Crippen molar-refractivity contribution in [2.75, 3.05) is 44.0 Å². The van der Waals surface area contributed by atoms with Crippen molar-refractivity contribution >= 4 is 94.4 Å². The molecule has 3 aromatic carbocycles. The van der Waals surface area contributed by atoms with Crippen molar-refractivity contribution < 1.29 is 68.4 Å². The molecule has 87 heavy (non-hydrogen) atoms. The van der Waals surface area contributed by atoms with Gasteiger partial charge in [-0.15, -0.1) is 0 Å². The molecule has 29 heteroatoms. The summed E-state index contributed by atoms with van der Waals surface area (Å²) in [5, 5.41) is 59.7. The number of likely N-dealkylation sites (N-methyl/N-ethyl adjacent to an activating group) is 1. The first-order valence-corrected chi connectivity index (χ1v) is 30.2. The van der Waals surface area contributed by atoms with Gasteiger partial charge in [0.15, 0.2) is 0 Å². The molecule has 1 heterocycles. The Morgan fingerprint density at radius 3 is 1.75 bits per heavy atom. The molecule has 0 fully saturated rings. The maximum Gasteiger partial charge on any atom is 0.326 e. The highest BCUT2D eigenvalue weighted by Crippen LogP contribution is 2.21. The minimum Gasteiger partial charge on any atom is -0.508 e. The summed E-state index contributed by atoms with van der Waals surface area (Å²) in [5.41, 5.74) is 25.7. The van der Waals surface area contributed by atoms with E-state index in [0.29, 0.717) is 48.9 Å². The van der Waals surface area contributed by atoms with E-state index in [1.54, 1.807) is 48.7 Å². The first kappa shape index (κ1) is 71.7. The maximum absolute atomic E-state index is 14.6. The van der Waals surface area contributed by atoms with Crippen LogP contribution in [-0.4, -0.2) is 194 Å². The number of hydrogen-bond acceptors (Lipinski definition) is 18. The average molecular weight is 1250 g/mol. The number of H-pyrrole nitrogens is 1. The van der Waals surface area contributed by atoms with Crippen molar-refractivity contribution in [3.8, 4) is 5.75 Å². The molecule has 0 aliphatic heterocycles. The fourth-order valence-corrected chi connectivity index (χ4v) is 10.2. The number of aliphatic hydroxyl groups is 2. The van der Waals surface area contributed by atoms with Gasteiger partial charge in [0.05, 0.1) is 24.5 Å². The highest BCUT2D eigenvalue weighted by atomic mass is 32.2. The number of benzene rings is 3. The van der Waals surface area contributed by atoms with Crippen molar-refractivity contribution in [3.63, 3.8) is 0 Å². The summed E-state index contributed by atoms with van der Waals surface area (Å²) in [5.74, 6) is -9.48. The molecular formula is C58H83N13O14S2. The number of carboxylic acids is 1. The summed E-state index contributed by atoms with van der Waals surface area (Å²) in [6.45, 7) is 0.893. The number of carbonyl (C=O) groups excluding carboxylic acids is 9. The number of primary amides is 1. The third-order valence-corrected chi connectivity index (χ3v) is 15.5. The summed E-state index contributed by atoms with van der Waals surface area (Å²) in [6.07, 6.45) is 1.41. The number of thioether (sulfide) groups is 1. The molecule has 0 saturated carbocycles. The number of para-hydroxylation sites is 1. The molecule has 9 amide bonds. The van der Waals surface area contributed by atoms with Gasteiger partial charge in [-0.05, 0) is 112 Å². The van der Waals surface area contributed by atoms with Crippen LogP contribution >= 0.6 is 24.4 Å². The minimum atomic E-state index is -1.74. The number of hydrogen-bond donors (Lipinski definition) is 17. The fraction of sp³-hybridized carbons (Fsp3) is 0.483. The van der Waals surface area contributed by atoms with Crippen molar-refractivity contribution in [1.82, 2.24) is 47.1 Å². The number of aliphatic carboxylic acids is 1. The van der Waals surface area contributed by atoms with Gasteiger partial charge in [0.1, 0.15) is 54.1 Å². The van der Waals surface area contributed by atoms with Gasteiger partial charge in [0.2, 0.25) is 53.2 Å². The first-order valence-electron chi connectivity index (χ1n) is 28.4. The zero-order valence-electron chi connectivity index (χ0n) is 48.7. The number of carbonyl (C=O) groups is 10. The monoisotopic (exact) mass is 1250 g/mol. The fourth-order valence-electron chi connectivity index (χ4n) is 9.11. The lowest BCUT2D eigenvalue weighted by Crippen LogP contribution is -2.62. The molecule has 0 aliphatic rings. The van der Waals surface area contributed by atoms with Crippen LogP contribution in [0, 0.1) is 0 Å². The number of nitrogens with zero attached hydrogens (tertiary/aromatic N) is 1. The van der Waals surface area contributed by atoms with Crippen molar-refractivity contribution in [2.45, 2.75) is 132 Å². The molecule has 10 atom stereocenters. The van der Waals surface area contributed by atoms with Crippen LogP contribution in [0.25, 0.3) is 10.9 Å². The van der Waals surface area contributed by atoms with Crippen LogP contribution in [0.1, 0.15) is 68.6 Å². The van der Waals surface area contributed by atoms with E-state index in [4.69, 9.17) is 22.9 Å². The van der Waals surface area contributed by atoms with Gasteiger partial charge >= 0.3 is 5.97 Å². The lowest BCUT2D eigenvalue weighted by atomic mass is 10.0. The quantitative estimate of drug-likeness (QED) is 0.0165. The van der Waals surface area contributed by atoms with Crippen LogP contribution in [0.3, 0.4) is 0 Å². The van der Waals surface area contributed by atoms with Gasteiger partial charge in [0.25, 0.3) is 0 Å². The number of aliphatic hydroxyl groups excluding tert-OH is 2. The summed E-state index contributed by atoms with van der Waals surface area (Å²) in [4.78, 5) is 139. The number of unbranched alkanes of at least 4 members (excludes halogenated alkanes) is 2. The lowest BCUT2D eigenvalue weighted by Gasteiger charge is -2.33. The standard InChI is InChI=1S/C58H83N13O14S2/c1-33(73)49(70-53(79)42(17-9-11-24-60)65-54(80)44(28-36-29-63-40-15-7-6-14-38(36)40)68-51(77)39(61)26-35-18-20-37(74)21-19-35)57(83)71(2)47(27-34-12-4-3-5-13-34)56(82)67-43(58(84)85)22-25-87-32-48(75)64-45(30-72)55(81)66-41(16-8-10-23-59)52(78)69-46(31-86)50(62)76/h3-7,12-15,18-21,29,33,39,41-47,49,63,72-74,86H,8-11,16-17,22-28,30-32,59-61H2,1-2H3,(H2,62,76)(H,64,75)(H,65,80)(H,66,81)(H,67,82)(H,68,77)(H,69,78)(H,70,79)(H,84,85)/t33-,39+,41+,42+,43+,44-,45+,46+,47+,49+/m1/s1. The molecule has 0 aliphatic carbocycles. The SMILES string of the molecule is C[C@@H](O)[C@H](NC(=O)[C@H](CCCCN)NC(=O)[C@@H](Cc1c[nH]c2ccccc12)NC(=O)[C@@H](N)Cc1ccc(O)cc1)C(=O)N(C)[C@@H](Cc1ccccc1)C(=O)N[C@@H](CCSCC(=O)N[C@@H](CO)C(=O)N[C@@H](CCCCN)C(=O)N[C@@H](CS)C(N)=O)C(=O)O. The number of nitrogens with two attached hydrogens (primary N) is 4. The second kappa shape index (κ2) is 37.0. The number of aromatic hydroxyl groups is 1. The van der Waals surface area contributed by atoms with E-state index in [1.165, 1.54) is 26.1 Å². The Bertz CT molecular complexity index is 2920. The molecule has 0 unspecified atom stereocenters. The summed E-state index contributed by atoms with van der Waals surface area (Å²) in [7, 11) is 1.24. The average Bonchev–Trinajstić information content (AvgIpc) is 2.29. The number of fused-ring (bicyclic) bond motifs is 1. The Kier molecular flexibility index (Phi) is 30.5. The second-order valence-electron chi connectivity index (χ2n) is 20.9. The molecule has 4 rings (SSSR count). The van der Waals surface area contributed by atoms with Crippen molar-refractivity contribution in [3.05, 3.63) is 102 Å². The molecule has 20 N–H and O–H groups in total. The van der Waals surface area contributed by atoms with Gasteiger partial charge in [-0.2, -0.15) is 24.4 Å². The molecule has 0 spiro atoms. The number of rotatable bonds is 39. The third kappa shape index (κ3) is 23.4. The highest BCUT2D eigenvalue weighted by molar-refractivity contribution is 7.99. The van der Waals surface area contributed by atoms with E-state index in [2.05, 4.69) is 54.8 Å². The Hall–Kier alpha value is -7.80. The van der Waals surface area contributed by atoms with Crippen LogP contribution in [0.5, 0.6) is 5.75 Å². The number of carboxylic acid groups (broad SMARTS) is 1. The summed E-state index contributed by atoms with van der Waals surface area (Å²) in [6, 6.07) is 9.42. The van der Waals surface area contributed by atoms with Crippen LogP contribution < -0.4 is 60.2 Å². The van der Waals surface area contributed by atoms with Crippen LogP contribution in [0.4, 0.5) is 0 Å². The molecule has 27 nitrogen and oxygen atoms in total. The molecule has 0 saturated heterocycles. The largest absolute Gasteiger partial charge is 0.508 e. The molecule has 0 radical (unpaired) electrons. The van der Waals surface area contributed by atoms with Gasteiger partial charge in [-0.3, -0.25) is 43.2 Å². The molecule has 0 bridgehead atoms. The predicted octanol–water partition coefficient (Wildman–Crippen LogP) is -2.30. The first-order chi connectivity index (χ1) is 41.5. The normalized spacial score (nSPS) is 14.7.